The molecule has 1 aliphatic rings. The molecular formula is C17H25NO2. The number of carbonyl (C=O) groups is 1. The van der Waals surface area contributed by atoms with Gasteiger partial charge in [0, 0.05) is 12.6 Å². The molecule has 3 nitrogen and oxygen atoms in total. The van der Waals surface area contributed by atoms with Crippen LogP contribution < -0.4 is 0 Å². The molecule has 0 aromatic heterocycles. The molecule has 1 fully saturated rings. The zero-order chi connectivity index (χ0) is 14.5. The first-order valence-corrected chi connectivity index (χ1v) is 7.62. The Hall–Kier alpha value is -1.35. The number of aromatic carboxylic acids is 1. The highest BCUT2D eigenvalue weighted by Gasteiger charge is 2.23. The van der Waals surface area contributed by atoms with Gasteiger partial charge in [0.2, 0.25) is 0 Å². The molecule has 0 radical (unpaired) electrons. The quantitative estimate of drug-likeness (QED) is 0.889. The predicted octanol–water partition coefficient (Wildman–Crippen LogP) is 3.79. The van der Waals surface area contributed by atoms with Crippen LogP contribution in [0, 0.1) is 5.92 Å². The van der Waals surface area contributed by atoms with E-state index in [2.05, 4.69) is 18.9 Å². The molecule has 20 heavy (non-hydrogen) atoms. The Morgan fingerprint density at radius 1 is 1.30 bits per heavy atom. The SMILES string of the molecule is CCC1CCC(N(C)Cc2cccc(C(=O)O)c2)CC1. The zero-order valence-corrected chi connectivity index (χ0v) is 12.5. The molecule has 2 rings (SSSR count). The topological polar surface area (TPSA) is 40.5 Å². The van der Waals surface area contributed by atoms with Crippen LogP contribution in [-0.4, -0.2) is 29.1 Å². The lowest BCUT2D eigenvalue weighted by Gasteiger charge is -2.34. The van der Waals surface area contributed by atoms with Crippen molar-refractivity contribution < 1.29 is 9.90 Å². The normalized spacial score (nSPS) is 22.9. The fraction of sp³-hybridized carbons (Fsp3) is 0.588. The van der Waals surface area contributed by atoms with Gasteiger partial charge in [-0.25, -0.2) is 4.79 Å². The van der Waals surface area contributed by atoms with Crippen molar-refractivity contribution in [1.82, 2.24) is 4.90 Å². The van der Waals surface area contributed by atoms with Crippen molar-refractivity contribution in [1.29, 1.82) is 0 Å². The number of carboxylic acid groups (broad SMARTS) is 1. The van der Waals surface area contributed by atoms with Gasteiger partial charge in [-0.05, 0) is 56.3 Å². The average Bonchev–Trinajstić information content (AvgIpc) is 2.47. The third-order valence-corrected chi connectivity index (χ3v) is 4.62. The van der Waals surface area contributed by atoms with Crippen LogP contribution in [0.15, 0.2) is 24.3 Å². The Morgan fingerprint density at radius 3 is 2.60 bits per heavy atom. The fourth-order valence-corrected chi connectivity index (χ4v) is 3.21. The zero-order valence-electron chi connectivity index (χ0n) is 12.5. The molecule has 1 N–H and O–H groups in total. The lowest BCUT2D eigenvalue weighted by molar-refractivity contribution is 0.0696. The highest BCUT2D eigenvalue weighted by molar-refractivity contribution is 5.87. The smallest absolute Gasteiger partial charge is 0.335 e. The number of hydrogen-bond donors (Lipinski definition) is 1. The first-order valence-electron chi connectivity index (χ1n) is 7.62. The van der Waals surface area contributed by atoms with Gasteiger partial charge in [-0.2, -0.15) is 0 Å². The maximum absolute atomic E-state index is 11.0. The van der Waals surface area contributed by atoms with E-state index in [-0.39, 0.29) is 0 Å². The molecule has 3 heteroatoms. The summed E-state index contributed by atoms with van der Waals surface area (Å²) in [5.41, 5.74) is 1.47. The fourth-order valence-electron chi connectivity index (χ4n) is 3.21. The van der Waals surface area contributed by atoms with E-state index in [1.807, 2.05) is 12.1 Å². The van der Waals surface area contributed by atoms with E-state index in [1.54, 1.807) is 12.1 Å². The van der Waals surface area contributed by atoms with E-state index in [1.165, 1.54) is 32.1 Å². The van der Waals surface area contributed by atoms with Crippen molar-refractivity contribution >= 4 is 5.97 Å². The van der Waals surface area contributed by atoms with Crippen molar-refractivity contribution in [2.24, 2.45) is 5.92 Å². The molecule has 0 spiro atoms. The molecule has 1 aliphatic carbocycles. The second-order valence-corrected chi connectivity index (χ2v) is 6.00. The summed E-state index contributed by atoms with van der Waals surface area (Å²) in [5.74, 6) is 0.0629. The van der Waals surface area contributed by atoms with Gasteiger partial charge in [-0.1, -0.05) is 25.5 Å². The van der Waals surface area contributed by atoms with Gasteiger partial charge in [0.1, 0.15) is 0 Å². The first-order chi connectivity index (χ1) is 9.60. The van der Waals surface area contributed by atoms with Gasteiger partial charge < -0.3 is 5.11 Å². The van der Waals surface area contributed by atoms with Crippen LogP contribution in [0.3, 0.4) is 0 Å². The second kappa shape index (κ2) is 6.89. The van der Waals surface area contributed by atoms with Crippen molar-refractivity contribution in [3.05, 3.63) is 35.4 Å². The summed E-state index contributed by atoms with van der Waals surface area (Å²) in [6.45, 7) is 3.12. The van der Waals surface area contributed by atoms with Crippen LogP contribution >= 0.6 is 0 Å². The number of carboxylic acids is 1. The Kier molecular flexibility index (Phi) is 5.18. The van der Waals surface area contributed by atoms with Gasteiger partial charge in [-0.3, -0.25) is 4.90 Å². The summed E-state index contributed by atoms with van der Waals surface area (Å²) < 4.78 is 0. The van der Waals surface area contributed by atoms with E-state index in [4.69, 9.17) is 5.11 Å². The molecule has 0 bridgehead atoms. The van der Waals surface area contributed by atoms with Crippen LogP contribution in [0.5, 0.6) is 0 Å². The van der Waals surface area contributed by atoms with Gasteiger partial charge in [0.25, 0.3) is 0 Å². The van der Waals surface area contributed by atoms with Crippen molar-refractivity contribution in [2.75, 3.05) is 7.05 Å². The van der Waals surface area contributed by atoms with Crippen molar-refractivity contribution in [3.8, 4) is 0 Å². The van der Waals surface area contributed by atoms with Gasteiger partial charge >= 0.3 is 5.97 Å². The van der Waals surface area contributed by atoms with E-state index in [9.17, 15) is 4.79 Å². The minimum absolute atomic E-state index is 0.380. The van der Waals surface area contributed by atoms with Crippen LogP contribution in [0.1, 0.15) is 54.9 Å². The predicted molar refractivity (Wildman–Crippen MR) is 80.9 cm³/mol. The average molecular weight is 275 g/mol. The van der Waals surface area contributed by atoms with E-state index in [0.29, 0.717) is 11.6 Å². The largest absolute Gasteiger partial charge is 0.478 e. The number of rotatable bonds is 5. The molecule has 1 aromatic rings. The summed E-state index contributed by atoms with van der Waals surface area (Å²) in [6, 6.07) is 7.93. The van der Waals surface area contributed by atoms with E-state index < -0.39 is 5.97 Å². The molecule has 1 saturated carbocycles. The lowest BCUT2D eigenvalue weighted by atomic mass is 9.84. The van der Waals surface area contributed by atoms with E-state index in [0.717, 1.165) is 18.0 Å². The molecule has 0 heterocycles. The van der Waals surface area contributed by atoms with Gasteiger partial charge in [0.05, 0.1) is 5.56 Å². The molecule has 110 valence electrons. The standard InChI is InChI=1S/C17H25NO2/c1-3-13-7-9-16(10-8-13)18(2)12-14-5-4-6-15(11-14)17(19)20/h4-6,11,13,16H,3,7-10,12H2,1-2H3,(H,19,20). The Bertz CT molecular complexity index is 450. The minimum atomic E-state index is -0.849. The molecular weight excluding hydrogens is 250 g/mol. The highest BCUT2D eigenvalue weighted by Crippen LogP contribution is 2.29. The third kappa shape index (κ3) is 3.83. The molecule has 0 aliphatic heterocycles. The summed E-state index contributed by atoms with van der Waals surface area (Å²) in [6.07, 6.45) is 6.51. The molecule has 0 saturated heterocycles. The Morgan fingerprint density at radius 2 is 2.00 bits per heavy atom. The van der Waals surface area contributed by atoms with Crippen LogP contribution in [0.4, 0.5) is 0 Å². The first kappa shape index (κ1) is 15.0. The van der Waals surface area contributed by atoms with Crippen LogP contribution in [0.2, 0.25) is 0 Å². The van der Waals surface area contributed by atoms with E-state index >= 15 is 0 Å². The third-order valence-electron chi connectivity index (χ3n) is 4.62. The Labute approximate surface area is 121 Å². The maximum atomic E-state index is 11.0. The summed E-state index contributed by atoms with van der Waals surface area (Å²) in [4.78, 5) is 13.4. The molecule has 1 aromatic carbocycles. The Balaban J connectivity index is 1.93. The monoisotopic (exact) mass is 275 g/mol. The number of hydrogen-bond acceptors (Lipinski definition) is 2. The number of benzene rings is 1. The van der Waals surface area contributed by atoms with Gasteiger partial charge in [-0.15, -0.1) is 0 Å². The maximum Gasteiger partial charge on any atom is 0.335 e. The lowest BCUT2D eigenvalue weighted by Crippen LogP contribution is -2.34. The summed E-state index contributed by atoms with van der Waals surface area (Å²) in [7, 11) is 2.16. The van der Waals surface area contributed by atoms with Crippen molar-refractivity contribution in [2.45, 2.75) is 51.6 Å². The molecule has 0 amide bonds. The summed E-state index contributed by atoms with van der Waals surface area (Å²) in [5, 5.41) is 9.03. The van der Waals surface area contributed by atoms with Gasteiger partial charge in [0.15, 0.2) is 0 Å². The van der Waals surface area contributed by atoms with Crippen LogP contribution in [0.25, 0.3) is 0 Å². The highest BCUT2D eigenvalue weighted by atomic mass is 16.4. The van der Waals surface area contributed by atoms with Crippen molar-refractivity contribution in [3.63, 3.8) is 0 Å². The number of nitrogens with zero attached hydrogens (tertiary/aromatic N) is 1. The van der Waals surface area contributed by atoms with Crippen LogP contribution in [-0.2, 0) is 6.54 Å². The summed E-state index contributed by atoms with van der Waals surface area (Å²) >= 11 is 0. The molecule has 0 atom stereocenters. The minimum Gasteiger partial charge on any atom is -0.478 e. The molecule has 0 unspecified atom stereocenters. The second-order valence-electron chi connectivity index (χ2n) is 6.00.